The van der Waals surface area contributed by atoms with Crippen LogP contribution in [0.2, 0.25) is 5.02 Å². The molecule has 0 aliphatic heterocycles. The van der Waals surface area contributed by atoms with Crippen LogP contribution in [0.25, 0.3) is 0 Å². The van der Waals surface area contributed by atoms with Crippen molar-refractivity contribution in [3.63, 3.8) is 0 Å². The molecule has 0 aromatic heterocycles. The third-order valence-electron chi connectivity index (χ3n) is 1.48. The zero-order chi connectivity index (χ0) is 15.1. The van der Waals surface area contributed by atoms with Gasteiger partial charge in [-0.2, -0.15) is 8.42 Å². The lowest BCUT2D eigenvalue weighted by atomic mass is 10.3. The summed E-state index contributed by atoms with van der Waals surface area (Å²) in [4.78, 5) is 20.6. The molecule has 1 aromatic rings. The van der Waals surface area contributed by atoms with Crippen LogP contribution < -0.4 is 4.72 Å². The highest BCUT2D eigenvalue weighted by Gasteiger charge is 2.11. The van der Waals surface area contributed by atoms with Gasteiger partial charge in [0.05, 0.1) is 6.42 Å². The lowest BCUT2D eigenvalue weighted by Crippen LogP contribution is -2.30. The average Bonchev–Trinajstić information content (AvgIpc) is 2.19. The van der Waals surface area contributed by atoms with Gasteiger partial charge in [-0.1, -0.05) is 11.6 Å². The summed E-state index contributed by atoms with van der Waals surface area (Å²) in [5.41, 5.74) is 0. The zero-order valence-electron chi connectivity index (χ0n) is 9.83. The highest BCUT2D eigenvalue weighted by molar-refractivity contribution is 7.84. The van der Waals surface area contributed by atoms with Gasteiger partial charge >= 0.3 is 10.3 Å². The molecule has 7 nitrogen and oxygen atoms in total. The molecule has 0 heterocycles. The van der Waals surface area contributed by atoms with Gasteiger partial charge in [0.1, 0.15) is 11.5 Å². The second-order valence-corrected chi connectivity index (χ2v) is 4.95. The van der Waals surface area contributed by atoms with Gasteiger partial charge in [-0.15, -0.1) is 0 Å². The molecule has 0 bridgehead atoms. The van der Waals surface area contributed by atoms with Gasteiger partial charge in [-0.25, -0.2) is 4.72 Å². The molecule has 19 heavy (non-hydrogen) atoms. The van der Waals surface area contributed by atoms with Gasteiger partial charge in [0.25, 0.3) is 0 Å². The van der Waals surface area contributed by atoms with E-state index in [1.807, 2.05) is 0 Å². The van der Waals surface area contributed by atoms with E-state index in [2.05, 4.69) is 0 Å². The van der Waals surface area contributed by atoms with Gasteiger partial charge < -0.3 is 5.11 Å². The molecule has 0 spiro atoms. The number of Topliss-reactive ketones (excluding diaryl/α,β-unsaturated/α-hetero) is 1. The summed E-state index contributed by atoms with van der Waals surface area (Å²) < 4.78 is 29.1. The molecule has 0 unspecified atom stereocenters. The standard InChI is InChI=1S/C6H5ClO.C4H7NO5S/c7-5-1-3-6(8)4-2-5;1-3(6)2-4(7)5-11(8,9)10/h1-4,8H;2H2,1H3,(H,5,7)(H,8,9,10). The van der Waals surface area contributed by atoms with E-state index in [4.69, 9.17) is 21.3 Å². The van der Waals surface area contributed by atoms with Crippen molar-refractivity contribution in [3.8, 4) is 5.75 Å². The van der Waals surface area contributed by atoms with Crippen LogP contribution in [0, 0.1) is 0 Å². The van der Waals surface area contributed by atoms with Crippen LogP contribution in [0.3, 0.4) is 0 Å². The average molecular weight is 310 g/mol. The minimum Gasteiger partial charge on any atom is -0.508 e. The lowest BCUT2D eigenvalue weighted by molar-refractivity contribution is -0.126. The Labute approximate surface area is 115 Å². The van der Waals surface area contributed by atoms with Crippen molar-refractivity contribution in [2.45, 2.75) is 13.3 Å². The number of halogens is 1. The topological polar surface area (TPSA) is 121 Å². The molecular formula is C10H12ClNO6S. The van der Waals surface area contributed by atoms with Crippen LogP contribution in [-0.2, 0) is 19.9 Å². The summed E-state index contributed by atoms with van der Waals surface area (Å²) in [7, 11) is -4.52. The molecule has 0 radical (unpaired) electrons. The molecule has 1 rings (SSSR count). The molecule has 106 valence electrons. The number of carbonyl (C=O) groups excluding carboxylic acids is 2. The molecule has 9 heteroatoms. The minimum atomic E-state index is -4.52. The highest BCUT2D eigenvalue weighted by Crippen LogP contribution is 2.12. The van der Waals surface area contributed by atoms with Crippen molar-refractivity contribution in [1.82, 2.24) is 4.72 Å². The first-order valence-electron chi connectivity index (χ1n) is 4.82. The van der Waals surface area contributed by atoms with Crippen molar-refractivity contribution in [1.29, 1.82) is 0 Å². The fourth-order valence-electron chi connectivity index (χ4n) is 0.847. The largest absolute Gasteiger partial charge is 0.508 e. The van der Waals surface area contributed by atoms with Crippen LogP contribution in [-0.4, -0.2) is 29.8 Å². The normalized spacial score (nSPS) is 10.1. The number of carbonyl (C=O) groups is 2. The Balaban J connectivity index is 0.000000356. The fraction of sp³-hybridized carbons (Fsp3) is 0.200. The first-order valence-corrected chi connectivity index (χ1v) is 6.64. The molecule has 1 amide bonds. The number of rotatable bonds is 3. The second kappa shape index (κ2) is 7.72. The number of nitrogens with one attached hydrogen (secondary N) is 1. The summed E-state index contributed by atoms with van der Waals surface area (Å²) >= 11 is 5.50. The van der Waals surface area contributed by atoms with Crippen molar-refractivity contribution in [3.05, 3.63) is 29.3 Å². The van der Waals surface area contributed by atoms with Gasteiger partial charge in [-0.05, 0) is 31.2 Å². The van der Waals surface area contributed by atoms with Crippen molar-refractivity contribution >= 4 is 33.6 Å². The van der Waals surface area contributed by atoms with Crippen LogP contribution >= 0.6 is 11.6 Å². The van der Waals surface area contributed by atoms with E-state index >= 15 is 0 Å². The third kappa shape index (κ3) is 11.2. The molecule has 0 saturated heterocycles. The third-order valence-corrected chi connectivity index (χ3v) is 2.22. The van der Waals surface area contributed by atoms with Gasteiger partial charge in [0, 0.05) is 5.02 Å². The lowest BCUT2D eigenvalue weighted by Gasteiger charge is -1.96. The molecule has 0 saturated carbocycles. The van der Waals surface area contributed by atoms with Gasteiger partial charge in [0.15, 0.2) is 0 Å². The smallest absolute Gasteiger partial charge is 0.359 e. The second-order valence-electron chi connectivity index (χ2n) is 3.36. The predicted octanol–water partition coefficient (Wildman–Crippen LogP) is 0.930. The van der Waals surface area contributed by atoms with Gasteiger partial charge in [-0.3, -0.25) is 14.1 Å². The first-order chi connectivity index (χ1) is 8.60. The number of benzene rings is 1. The molecule has 1 aromatic carbocycles. The van der Waals surface area contributed by atoms with Crippen LogP contribution in [0.4, 0.5) is 0 Å². The number of phenols is 1. The van der Waals surface area contributed by atoms with E-state index in [-0.39, 0.29) is 5.75 Å². The molecule has 0 aliphatic carbocycles. The number of amides is 1. The van der Waals surface area contributed by atoms with E-state index in [1.165, 1.54) is 4.72 Å². The zero-order valence-corrected chi connectivity index (χ0v) is 11.4. The first kappa shape index (κ1) is 17.4. The van der Waals surface area contributed by atoms with E-state index in [9.17, 15) is 18.0 Å². The Morgan fingerprint density at radius 2 is 1.74 bits per heavy atom. The molecule has 0 atom stereocenters. The quantitative estimate of drug-likeness (QED) is 0.564. The van der Waals surface area contributed by atoms with Gasteiger partial charge in [0.2, 0.25) is 5.91 Å². The molecule has 3 N–H and O–H groups in total. The van der Waals surface area contributed by atoms with Crippen molar-refractivity contribution < 1.29 is 27.7 Å². The number of hydrogen-bond acceptors (Lipinski definition) is 5. The molecular weight excluding hydrogens is 298 g/mol. The number of aromatic hydroxyl groups is 1. The Hall–Kier alpha value is -1.64. The van der Waals surface area contributed by atoms with Crippen LogP contribution in [0.15, 0.2) is 24.3 Å². The summed E-state index contributed by atoms with van der Waals surface area (Å²) in [5.74, 6) is -1.28. The Morgan fingerprint density at radius 3 is 2.05 bits per heavy atom. The van der Waals surface area contributed by atoms with E-state index in [0.29, 0.717) is 5.02 Å². The maximum absolute atomic E-state index is 10.4. The summed E-state index contributed by atoms with van der Waals surface area (Å²) in [6.45, 7) is 1.13. The predicted molar refractivity (Wildman–Crippen MR) is 68.1 cm³/mol. The SMILES string of the molecule is CC(=O)CC(=O)NS(=O)(=O)O.Oc1ccc(Cl)cc1. The number of ketones is 1. The Bertz CT molecular complexity index is 519. The van der Waals surface area contributed by atoms with Crippen molar-refractivity contribution in [2.24, 2.45) is 0 Å². The summed E-state index contributed by atoms with van der Waals surface area (Å²) in [6, 6.07) is 6.36. The molecule has 0 fully saturated rings. The summed E-state index contributed by atoms with van der Waals surface area (Å²) in [6.07, 6.45) is -0.556. The maximum atomic E-state index is 10.4. The molecule has 0 aliphatic rings. The summed E-state index contributed by atoms with van der Waals surface area (Å²) in [5, 5.41) is 9.34. The van der Waals surface area contributed by atoms with Crippen LogP contribution in [0.5, 0.6) is 5.75 Å². The van der Waals surface area contributed by atoms with E-state index < -0.39 is 28.4 Å². The fourth-order valence-corrected chi connectivity index (χ4v) is 1.33. The number of hydrogen-bond donors (Lipinski definition) is 3. The minimum absolute atomic E-state index is 0.245. The maximum Gasteiger partial charge on any atom is 0.359 e. The van der Waals surface area contributed by atoms with E-state index in [0.717, 1.165) is 6.92 Å². The highest BCUT2D eigenvalue weighted by atomic mass is 35.5. The number of phenolic OH excluding ortho intramolecular Hbond substituents is 1. The monoisotopic (exact) mass is 309 g/mol. The van der Waals surface area contributed by atoms with E-state index in [1.54, 1.807) is 24.3 Å². The van der Waals surface area contributed by atoms with Crippen LogP contribution in [0.1, 0.15) is 13.3 Å². The van der Waals surface area contributed by atoms with Crippen molar-refractivity contribution in [2.75, 3.05) is 0 Å². The Morgan fingerprint density at radius 1 is 1.26 bits per heavy atom. The Kier molecular flexibility index (Phi) is 7.05.